The topological polar surface area (TPSA) is 80.7 Å². The van der Waals surface area contributed by atoms with Gasteiger partial charge in [0, 0.05) is 5.41 Å². The van der Waals surface area contributed by atoms with E-state index < -0.39 is 22.8 Å². The van der Waals surface area contributed by atoms with Crippen molar-refractivity contribution in [2.75, 3.05) is 7.11 Å². The van der Waals surface area contributed by atoms with Crippen LogP contribution in [0.2, 0.25) is 0 Å². The highest BCUT2D eigenvalue weighted by atomic mass is 16.5. The molecular weight excluding hydrogens is 464 g/mol. The molecule has 5 nitrogen and oxygen atoms in total. The molecule has 0 saturated heterocycles. The molecule has 0 heterocycles. The summed E-state index contributed by atoms with van der Waals surface area (Å²) in [6, 6.07) is 0. The van der Waals surface area contributed by atoms with Gasteiger partial charge in [0.25, 0.3) is 0 Å². The number of aliphatic carboxylic acids is 1. The number of methoxy groups -OCH3 is 1. The van der Waals surface area contributed by atoms with Crippen LogP contribution in [0, 0.1) is 50.2 Å². The summed E-state index contributed by atoms with van der Waals surface area (Å²) in [7, 11) is 1.35. The fraction of sp³-hybridized carbons (Fsp3) is 0.781. The van der Waals surface area contributed by atoms with Crippen LogP contribution in [-0.4, -0.2) is 29.9 Å². The third kappa shape index (κ3) is 3.24. The quantitative estimate of drug-likeness (QED) is 0.252. The van der Waals surface area contributed by atoms with E-state index >= 15 is 0 Å². The molecule has 0 aromatic heterocycles. The summed E-state index contributed by atoms with van der Waals surface area (Å²) in [6.45, 7) is 15.7. The first-order valence-corrected chi connectivity index (χ1v) is 14.3. The number of carbonyl (C=O) groups excluding carboxylic acids is 2. The van der Waals surface area contributed by atoms with Crippen molar-refractivity contribution in [2.45, 2.75) is 99.8 Å². The summed E-state index contributed by atoms with van der Waals surface area (Å²) in [4.78, 5) is 39.0. The first-order valence-electron chi connectivity index (χ1n) is 14.3. The maximum absolute atomic E-state index is 13.5. The van der Waals surface area contributed by atoms with Gasteiger partial charge in [0.15, 0.2) is 5.78 Å². The molecule has 0 unspecified atom stereocenters. The van der Waals surface area contributed by atoms with Gasteiger partial charge in [0.2, 0.25) is 0 Å². The average molecular weight is 511 g/mol. The Kier molecular flexibility index (Phi) is 5.64. The van der Waals surface area contributed by atoms with E-state index in [0.717, 1.165) is 51.4 Å². The Morgan fingerprint density at radius 2 is 1.59 bits per heavy atom. The third-order valence-corrected chi connectivity index (χ3v) is 12.8. The number of ketones is 1. The second-order valence-corrected chi connectivity index (χ2v) is 15.1. The van der Waals surface area contributed by atoms with Crippen LogP contribution in [0.5, 0.6) is 0 Å². The van der Waals surface area contributed by atoms with Crippen LogP contribution in [0.3, 0.4) is 0 Å². The summed E-state index contributed by atoms with van der Waals surface area (Å²) in [6.07, 6.45) is 11.5. The number of rotatable bonds is 2. The number of carboxylic acids is 1. The number of carboxylic acid groups (broad SMARTS) is 1. The minimum Gasteiger partial charge on any atom is -0.481 e. The van der Waals surface area contributed by atoms with E-state index in [1.54, 1.807) is 0 Å². The largest absolute Gasteiger partial charge is 0.481 e. The van der Waals surface area contributed by atoms with Crippen LogP contribution < -0.4 is 0 Å². The van der Waals surface area contributed by atoms with Gasteiger partial charge >= 0.3 is 11.9 Å². The molecular formula is C32H46O5. The van der Waals surface area contributed by atoms with Crippen molar-refractivity contribution < 1.29 is 24.2 Å². The van der Waals surface area contributed by atoms with E-state index in [-0.39, 0.29) is 50.8 Å². The zero-order valence-corrected chi connectivity index (χ0v) is 24.1. The molecule has 5 aliphatic rings. The number of esters is 1. The van der Waals surface area contributed by atoms with Crippen molar-refractivity contribution >= 4 is 17.7 Å². The van der Waals surface area contributed by atoms with E-state index in [1.807, 2.05) is 19.9 Å². The normalized spacial score (nSPS) is 45.7. The van der Waals surface area contributed by atoms with Gasteiger partial charge in [0.05, 0.1) is 18.1 Å². The number of ether oxygens (including phenoxy) is 1. The van der Waals surface area contributed by atoms with Crippen molar-refractivity contribution in [1.29, 1.82) is 0 Å². The predicted octanol–water partition coefficient (Wildman–Crippen LogP) is 6.76. The predicted molar refractivity (Wildman–Crippen MR) is 143 cm³/mol. The molecule has 7 atom stereocenters. The number of carbonyl (C=O) groups is 3. The van der Waals surface area contributed by atoms with Crippen LogP contribution in [0.25, 0.3) is 0 Å². The molecule has 1 N–H and O–H groups in total. The lowest BCUT2D eigenvalue weighted by Crippen LogP contribution is -2.64. The summed E-state index contributed by atoms with van der Waals surface area (Å²) >= 11 is 0. The Bertz CT molecular complexity index is 1130. The summed E-state index contributed by atoms with van der Waals surface area (Å²) in [5, 5.41) is 10.5. The van der Waals surface area contributed by atoms with E-state index in [4.69, 9.17) is 4.74 Å². The maximum Gasteiger partial charge on any atom is 0.341 e. The molecule has 0 aromatic rings. The summed E-state index contributed by atoms with van der Waals surface area (Å²) < 4.78 is 5.06. The van der Waals surface area contributed by atoms with Crippen molar-refractivity contribution in [1.82, 2.24) is 0 Å². The van der Waals surface area contributed by atoms with E-state index in [2.05, 4.69) is 40.7 Å². The number of hydrogen-bond acceptors (Lipinski definition) is 4. The van der Waals surface area contributed by atoms with Gasteiger partial charge in [-0.05, 0) is 90.8 Å². The van der Waals surface area contributed by atoms with Gasteiger partial charge in [-0.15, -0.1) is 0 Å². The van der Waals surface area contributed by atoms with E-state index in [0.29, 0.717) is 0 Å². The second kappa shape index (κ2) is 7.82. The maximum atomic E-state index is 13.5. The second-order valence-electron chi connectivity index (χ2n) is 15.1. The SMILES string of the molecule is COC(=O)C1=C[C@]2(C)[C@H]3CC=C4[C@@H]5CC(C)(C)CC[C@]5(C(=O)O)CC[C@@]4(C)[C@]3(C)CC[C@H]2C(C)(C)C1=O. The Morgan fingerprint density at radius 1 is 0.946 bits per heavy atom. The molecule has 3 saturated carbocycles. The van der Waals surface area contributed by atoms with E-state index in [9.17, 15) is 19.5 Å². The van der Waals surface area contributed by atoms with Gasteiger partial charge in [-0.25, -0.2) is 4.79 Å². The Morgan fingerprint density at radius 3 is 2.22 bits per heavy atom. The standard InChI is InChI=1S/C32H46O5/c1-27(2)13-15-32(26(35)36)16-14-30(6)20(21(32)18-27)9-10-23-29(5)17-19(25(34)37-8)24(33)28(3,4)22(29)11-12-31(23,30)7/h9,17,21-23H,10-16,18H2,1-8H3,(H,35,36)/t21-,22-,23+,29-,30+,31+,32-/m0/s1. The minimum atomic E-state index is -0.650. The molecule has 37 heavy (non-hydrogen) atoms. The fourth-order valence-electron chi connectivity index (χ4n) is 10.4. The Labute approximate surface area is 222 Å². The van der Waals surface area contributed by atoms with Gasteiger partial charge in [-0.2, -0.15) is 0 Å². The monoisotopic (exact) mass is 510 g/mol. The van der Waals surface area contributed by atoms with Crippen LogP contribution in [0.15, 0.2) is 23.3 Å². The number of allylic oxidation sites excluding steroid dienone is 3. The van der Waals surface area contributed by atoms with Gasteiger partial charge in [-0.1, -0.05) is 66.2 Å². The highest BCUT2D eigenvalue weighted by molar-refractivity contribution is 6.20. The third-order valence-electron chi connectivity index (χ3n) is 12.8. The van der Waals surface area contributed by atoms with Crippen molar-refractivity contribution in [3.05, 3.63) is 23.3 Å². The van der Waals surface area contributed by atoms with Crippen molar-refractivity contribution in [3.8, 4) is 0 Å². The van der Waals surface area contributed by atoms with Gasteiger partial charge < -0.3 is 9.84 Å². The lowest BCUT2D eigenvalue weighted by Gasteiger charge is -2.69. The number of fused-ring (bicyclic) bond motifs is 7. The lowest BCUT2D eigenvalue weighted by molar-refractivity contribution is -0.175. The molecule has 3 fully saturated rings. The molecule has 5 aliphatic carbocycles. The Hall–Kier alpha value is -1.91. The first kappa shape index (κ1) is 26.7. The van der Waals surface area contributed by atoms with Gasteiger partial charge in [-0.3, -0.25) is 9.59 Å². The molecule has 0 amide bonds. The van der Waals surface area contributed by atoms with Crippen LogP contribution in [-0.2, 0) is 19.1 Å². The fourth-order valence-corrected chi connectivity index (χ4v) is 10.4. The van der Waals surface area contributed by atoms with E-state index in [1.165, 1.54) is 12.7 Å². The first-order chi connectivity index (χ1) is 17.0. The highest BCUT2D eigenvalue weighted by Gasteiger charge is 2.69. The minimum absolute atomic E-state index is 0.0528. The van der Waals surface area contributed by atoms with Crippen LogP contribution in [0.4, 0.5) is 0 Å². The molecule has 204 valence electrons. The van der Waals surface area contributed by atoms with Crippen molar-refractivity contribution in [3.63, 3.8) is 0 Å². The van der Waals surface area contributed by atoms with Crippen molar-refractivity contribution in [2.24, 2.45) is 50.2 Å². The smallest absolute Gasteiger partial charge is 0.341 e. The zero-order valence-electron chi connectivity index (χ0n) is 24.1. The average Bonchev–Trinajstić information content (AvgIpc) is 2.81. The number of hydrogen-bond donors (Lipinski definition) is 1. The van der Waals surface area contributed by atoms with Crippen LogP contribution in [0.1, 0.15) is 99.8 Å². The molecule has 0 spiro atoms. The number of Topliss-reactive ketones (excluding diaryl/α,β-unsaturated/α-hetero) is 1. The molecule has 5 heteroatoms. The zero-order chi connectivity index (χ0) is 27.4. The molecule has 0 radical (unpaired) electrons. The molecule has 5 rings (SSSR count). The Balaban J connectivity index is 1.66. The summed E-state index contributed by atoms with van der Waals surface area (Å²) in [5.74, 6) is -0.770. The molecule has 0 aromatic carbocycles. The van der Waals surface area contributed by atoms with Crippen LogP contribution >= 0.6 is 0 Å². The highest BCUT2D eigenvalue weighted by Crippen LogP contribution is 2.75. The molecule has 0 aliphatic heterocycles. The summed E-state index contributed by atoms with van der Waals surface area (Å²) in [5.41, 5.74) is -0.0485. The van der Waals surface area contributed by atoms with Gasteiger partial charge in [0.1, 0.15) is 0 Å². The lowest BCUT2D eigenvalue weighted by atomic mass is 9.34. The molecule has 0 bridgehead atoms.